The van der Waals surface area contributed by atoms with Gasteiger partial charge in [0.15, 0.2) is 0 Å². The van der Waals surface area contributed by atoms with Crippen LogP contribution in [0.1, 0.15) is 17.3 Å². The third-order valence-electron chi connectivity index (χ3n) is 2.05. The van der Waals surface area contributed by atoms with E-state index in [1.54, 1.807) is 24.3 Å². The van der Waals surface area contributed by atoms with Gasteiger partial charge >= 0.3 is 0 Å². The lowest BCUT2D eigenvalue weighted by Crippen LogP contribution is -2.13. The van der Waals surface area contributed by atoms with E-state index >= 15 is 0 Å². The number of halogens is 1. The topological polar surface area (TPSA) is 72.2 Å². The Hall–Kier alpha value is -2.07. The predicted molar refractivity (Wildman–Crippen MR) is 72.6 cm³/mol. The number of primary amides is 1. The van der Waals surface area contributed by atoms with Crippen LogP contribution in [0.3, 0.4) is 0 Å². The fourth-order valence-corrected chi connectivity index (χ4v) is 1.44. The van der Waals surface area contributed by atoms with Crippen molar-refractivity contribution in [2.45, 2.75) is 6.92 Å². The number of rotatable bonds is 4. The maximum atomic E-state index is 11.5. The van der Waals surface area contributed by atoms with Gasteiger partial charge in [0.1, 0.15) is 0 Å². The second-order valence-electron chi connectivity index (χ2n) is 3.43. The van der Waals surface area contributed by atoms with Crippen molar-refractivity contribution in [2.24, 2.45) is 5.73 Å². The summed E-state index contributed by atoms with van der Waals surface area (Å²) in [5.41, 5.74) is 5.79. The average molecular weight is 265 g/mol. The molecule has 94 valence electrons. The molecule has 18 heavy (non-hydrogen) atoms. The maximum Gasteiger partial charge on any atom is 0.250 e. The van der Waals surface area contributed by atoms with Crippen LogP contribution in [0.2, 0.25) is 5.02 Å². The number of nitrogens with two attached hydrogens (primary N) is 1. The van der Waals surface area contributed by atoms with Crippen molar-refractivity contribution < 1.29 is 9.59 Å². The zero-order chi connectivity index (χ0) is 13.5. The lowest BCUT2D eigenvalue weighted by molar-refractivity contribution is -0.111. The van der Waals surface area contributed by atoms with E-state index in [0.717, 1.165) is 0 Å². The van der Waals surface area contributed by atoms with E-state index in [0.29, 0.717) is 5.69 Å². The lowest BCUT2D eigenvalue weighted by Gasteiger charge is -2.05. The Labute approximate surface area is 110 Å². The lowest BCUT2D eigenvalue weighted by atomic mass is 10.2. The van der Waals surface area contributed by atoms with Crippen molar-refractivity contribution in [3.63, 3.8) is 0 Å². The monoisotopic (exact) mass is 264 g/mol. The van der Waals surface area contributed by atoms with Crippen LogP contribution < -0.4 is 11.1 Å². The molecule has 1 aromatic carbocycles. The molecule has 2 amide bonds. The number of amides is 2. The first-order valence-electron chi connectivity index (χ1n) is 5.24. The van der Waals surface area contributed by atoms with Crippen LogP contribution in [0.4, 0.5) is 5.69 Å². The highest BCUT2D eigenvalue weighted by Gasteiger charge is 2.08. The molecule has 0 aliphatic heterocycles. The Bertz CT molecular complexity index is 522. The number of carbonyl (C=O) groups is 2. The Morgan fingerprint density at radius 3 is 2.67 bits per heavy atom. The molecule has 0 radical (unpaired) electrons. The van der Waals surface area contributed by atoms with Gasteiger partial charge in [0.25, 0.3) is 0 Å². The van der Waals surface area contributed by atoms with E-state index in [9.17, 15) is 9.59 Å². The Morgan fingerprint density at radius 1 is 1.33 bits per heavy atom. The maximum absolute atomic E-state index is 11.5. The summed E-state index contributed by atoms with van der Waals surface area (Å²) in [6, 6.07) is 4.54. The standard InChI is InChI=1S/C13H13ClN2O2/c1-2-3-4-5-12(17)16-9-6-7-11(14)10(8-9)13(15)18/h2-8H,1H3,(H2,15,18)(H,16,17)/b3-2+,5-4+. The van der Waals surface area contributed by atoms with Gasteiger partial charge in [-0.2, -0.15) is 0 Å². The number of anilines is 1. The zero-order valence-electron chi connectivity index (χ0n) is 9.81. The molecule has 1 aromatic rings. The average Bonchev–Trinajstić information content (AvgIpc) is 2.31. The molecule has 0 saturated carbocycles. The number of hydrogen-bond acceptors (Lipinski definition) is 2. The number of nitrogens with one attached hydrogen (secondary N) is 1. The highest BCUT2D eigenvalue weighted by atomic mass is 35.5. The van der Waals surface area contributed by atoms with E-state index in [1.165, 1.54) is 18.2 Å². The van der Waals surface area contributed by atoms with Crippen LogP contribution in [-0.4, -0.2) is 11.8 Å². The number of benzene rings is 1. The molecule has 0 unspecified atom stereocenters. The van der Waals surface area contributed by atoms with Crippen LogP contribution in [0.25, 0.3) is 0 Å². The molecule has 1 rings (SSSR count). The van der Waals surface area contributed by atoms with Gasteiger partial charge < -0.3 is 11.1 Å². The van der Waals surface area contributed by atoms with Crippen LogP contribution in [0.5, 0.6) is 0 Å². The van der Waals surface area contributed by atoms with Crippen molar-refractivity contribution >= 4 is 29.1 Å². The molecule has 0 heterocycles. The van der Waals surface area contributed by atoms with E-state index in [4.69, 9.17) is 17.3 Å². The van der Waals surface area contributed by atoms with Crippen molar-refractivity contribution in [3.8, 4) is 0 Å². The Balaban J connectivity index is 2.83. The van der Waals surface area contributed by atoms with Crippen LogP contribution in [0, 0.1) is 0 Å². The number of hydrogen-bond donors (Lipinski definition) is 2. The normalized spacial score (nSPS) is 11.0. The summed E-state index contributed by atoms with van der Waals surface area (Å²) in [6.45, 7) is 1.85. The van der Waals surface area contributed by atoms with Gasteiger partial charge in [0.05, 0.1) is 10.6 Å². The minimum absolute atomic E-state index is 0.173. The molecule has 0 aliphatic rings. The number of allylic oxidation sites excluding steroid dienone is 3. The smallest absolute Gasteiger partial charge is 0.250 e. The SMILES string of the molecule is C/C=C/C=C/C(=O)Nc1ccc(Cl)c(C(N)=O)c1. The van der Waals surface area contributed by atoms with E-state index in [1.807, 2.05) is 6.92 Å². The van der Waals surface area contributed by atoms with Crippen LogP contribution >= 0.6 is 11.6 Å². The van der Waals surface area contributed by atoms with Crippen molar-refractivity contribution in [1.82, 2.24) is 0 Å². The third-order valence-corrected chi connectivity index (χ3v) is 2.38. The van der Waals surface area contributed by atoms with Crippen molar-refractivity contribution in [1.29, 1.82) is 0 Å². The first-order valence-corrected chi connectivity index (χ1v) is 5.62. The molecule has 0 bridgehead atoms. The molecule has 0 aliphatic carbocycles. The molecule has 4 nitrogen and oxygen atoms in total. The van der Waals surface area contributed by atoms with Gasteiger partial charge in [-0.3, -0.25) is 9.59 Å². The third kappa shape index (κ3) is 4.07. The number of carbonyl (C=O) groups excluding carboxylic acids is 2. The summed E-state index contributed by atoms with van der Waals surface area (Å²) < 4.78 is 0. The Kier molecular flexibility index (Phi) is 5.14. The molecular formula is C13H13ClN2O2. The highest BCUT2D eigenvalue weighted by Crippen LogP contribution is 2.20. The minimum Gasteiger partial charge on any atom is -0.366 e. The molecular weight excluding hydrogens is 252 g/mol. The Morgan fingerprint density at radius 2 is 2.06 bits per heavy atom. The second-order valence-corrected chi connectivity index (χ2v) is 3.84. The summed E-state index contributed by atoms with van der Waals surface area (Å²) >= 11 is 5.79. The minimum atomic E-state index is -0.638. The molecule has 3 N–H and O–H groups in total. The van der Waals surface area contributed by atoms with E-state index in [-0.39, 0.29) is 16.5 Å². The molecule has 0 fully saturated rings. The van der Waals surface area contributed by atoms with Gasteiger partial charge in [-0.25, -0.2) is 0 Å². The fourth-order valence-electron chi connectivity index (χ4n) is 1.23. The van der Waals surface area contributed by atoms with Gasteiger partial charge in [-0.1, -0.05) is 29.8 Å². The molecule has 0 spiro atoms. The predicted octanol–water partition coefficient (Wildman–Crippen LogP) is 2.51. The van der Waals surface area contributed by atoms with Crippen LogP contribution in [-0.2, 0) is 4.79 Å². The molecule has 5 heteroatoms. The van der Waals surface area contributed by atoms with Crippen molar-refractivity contribution in [2.75, 3.05) is 5.32 Å². The first kappa shape index (κ1) is 14.0. The zero-order valence-corrected chi connectivity index (χ0v) is 10.6. The summed E-state index contributed by atoms with van der Waals surface area (Å²) in [6.07, 6.45) is 6.52. The van der Waals surface area contributed by atoms with Crippen LogP contribution in [0.15, 0.2) is 42.5 Å². The van der Waals surface area contributed by atoms with E-state index in [2.05, 4.69) is 5.32 Å². The fraction of sp³-hybridized carbons (Fsp3) is 0.0769. The largest absolute Gasteiger partial charge is 0.366 e. The van der Waals surface area contributed by atoms with Gasteiger partial charge in [-0.05, 0) is 25.1 Å². The van der Waals surface area contributed by atoms with E-state index < -0.39 is 5.91 Å². The second kappa shape index (κ2) is 6.61. The summed E-state index contributed by atoms with van der Waals surface area (Å²) in [5, 5.41) is 2.85. The summed E-state index contributed by atoms with van der Waals surface area (Å²) in [5.74, 6) is -0.939. The first-order chi connectivity index (χ1) is 8.54. The molecule has 0 aromatic heterocycles. The van der Waals surface area contributed by atoms with Crippen molar-refractivity contribution in [3.05, 3.63) is 53.1 Å². The highest BCUT2D eigenvalue weighted by molar-refractivity contribution is 6.34. The molecule has 0 atom stereocenters. The quantitative estimate of drug-likeness (QED) is 0.648. The summed E-state index contributed by atoms with van der Waals surface area (Å²) in [4.78, 5) is 22.5. The van der Waals surface area contributed by atoms with Gasteiger partial charge in [-0.15, -0.1) is 0 Å². The summed E-state index contributed by atoms with van der Waals surface area (Å²) in [7, 11) is 0. The molecule has 0 saturated heterocycles. The van der Waals surface area contributed by atoms with Gasteiger partial charge in [0, 0.05) is 11.8 Å². The van der Waals surface area contributed by atoms with Gasteiger partial charge in [0.2, 0.25) is 11.8 Å².